The molecule has 0 radical (unpaired) electrons. The van der Waals surface area contributed by atoms with E-state index in [1.54, 1.807) is 12.1 Å². The number of amides is 4. The summed E-state index contributed by atoms with van der Waals surface area (Å²) in [6, 6.07) is 4.08. The first-order valence-electron chi connectivity index (χ1n) is 8.78. The molecule has 27 heavy (non-hydrogen) atoms. The summed E-state index contributed by atoms with van der Waals surface area (Å²) in [5, 5.41) is 4.93. The minimum atomic E-state index is -0.902. The number of cyclic esters (lactones) is 1. The number of halogens is 1. The third kappa shape index (κ3) is 2.95. The zero-order valence-electron chi connectivity index (χ0n) is 14.5. The molecule has 9 nitrogen and oxygen atoms in total. The molecular formula is C17H20FN5O4. The Bertz CT molecular complexity index is 809. The molecule has 0 aromatic heterocycles. The Morgan fingerprint density at radius 2 is 2.00 bits per heavy atom. The molecule has 1 unspecified atom stereocenters. The van der Waals surface area contributed by atoms with Gasteiger partial charge in [-0.3, -0.25) is 15.0 Å². The second-order valence-electron chi connectivity index (χ2n) is 6.97. The Labute approximate surface area is 154 Å². The van der Waals surface area contributed by atoms with Gasteiger partial charge in [0.05, 0.1) is 17.9 Å². The van der Waals surface area contributed by atoms with E-state index in [1.165, 1.54) is 11.0 Å². The van der Waals surface area contributed by atoms with Gasteiger partial charge in [0.15, 0.2) is 0 Å². The van der Waals surface area contributed by atoms with Gasteiger partial charge in [0.25, 0.3) is 5.91 Å². The van der Waals surface area contributed by atoms with Crippen LogP contribution in [0.4, 0.5) is 25.4 Å². The molecule has 0 aliphatic carbocycles. The highest BCUT2D eigenvalue weighted by atomic mass is 19.1. The highest BCUT2D eigenvalue weighted by Crippen LogP contribution is 2.32. The number of hydrogen-bond acceptors (Lipinski definition) is 6. The van der Waals surface area contributed by atoms with Crippen LogP contribution in [-0.2, 0) is 9.53 Å². The molecule has 1 aromatic carbocycles. The summed E-state index contributed by atoms with van der Waals surface area (Å²) in [7, 11) is 0. The molecular weight excluding hydrogens is 357 g/mol. The molecule has 4 rings (SSSR count). The van der Waals surface area contributed by atoms with E-state index in [9.17, 15) is 18.8 Å². The monoisotopic (exact) mass is 377 g/mol. The number of carbonyl (C=O) groups is 3. The van der Waals surface area contributed by atoms with Crippen LogP contribution in [0.25, 0.3) is 0 Å². The fourth-order valence-corrected chi connectivity index (χ4v) is 3.78. The van der Waals surface area contributed by atoms with E-state index in [0.29, 0.717) is 37.3 Å². The minimum Gasteiger partial charge on any atom is -0.443 e. The maximum Gasteiger partial charge on any atom is 0.414 e. The summed E-state index contributed by atoms with van der Waals surface area (Å²) in [5.41, 5.74) is 5.41. The number of benzene rings is 1. The lowest BCUT2D eigenvalue weighted by atomic mass is 9.87. The lowest BCUT2D eigenvalue weighted by Gasteiger charge is -2.38. The number of piperidine rings is 1. The molecule has 3 heterocycles. The van der Waals surface area contributed by atoms with Crippen LogP contribution in [0, 0.1) is 5.82 Å². The normalized spacial score (nSPS) is 24.2. The van der Waals surface area contributed by atoms with Gasteiger partial charge in [0, 0.05) is 19.6 Å². The van der Waals surface area contributed by atoms with Crippen molar-refractivity contribution in [2.45, 2.75) is 24.5 Å². The number of hydrogen-bond donors (Lipinski definition) is 3. The molecule has 3 aliphatic rings. The summed E-state index contributed by atoms with van der Waals surface area (Å²) < 4.78 is 19.8. The number of carbonyl (C=O) groups excluding carboxylic acids is 3. The summed E-state index contributed by atoms with van der Waals surface area (Å²) in [6.07, 6.45) is -0.156. The smallest absolute Gasteiger partial charge is 0.414 e. The molecule has 144 valence electrons. The van der Waals surface area contributed by atoms with E-state index in [1.807, 2.05) is 4.90 Å². The third-order valence-electron chi connectivity index (χ3n) is 5.35. The average molecular weight is 377 g/mol. The van der Waals surface area contributed by atoms with Crippen LogP contribution in [0.5, 0.6) is 0 Å². The number of nitrogens with zero attached hydrogens (tertiary/aromatic N) is 2. The van der Waals surface area contributed by atoms with Gasteiger partial charge in [-0.05, 0) is 31.0 Å². The molecule has 1 spiro atoms. The second kappa shape index (κ2) is 6.38. The van der Waals surface area contributed by atoms with E-state index in [-0.39, 0.29) is 19.0 Å². The largest absolute Gasteiger partial charge is 0.443 e. The lowest BCUT2D eigenvalue weighted by molar-refractivity contribution is -0.124. The number of ether oxygens (including phenoxy) is 1. The van der Waals surface area contributed by atoms with E-state index in [2.05, 4.69) is 10.6 Å². The maximum atomic E-state index is 14.7. The average Bonchev–Trinajstić information content (AvgIpc) is 3.15. The number of rotatable bonds is 3. The standard InChI is InChI=1S/C17H20FN5O4/c18-12-7-10(23-9-11(8-19)27-16(23)26)1-2-13(12)22-5-3-17(4-6-22)14(24)20-15(25)21-17/h1-2,7,11H,3-6,8-9,19H2,(H2,20,21,24,25). The van der Waals surface area contributed by atoms with Crippen molar-refractivity contribution in [1.29, 1.82) is 0 Å². The predicted molar refractivity (Wildman–Crippen MR) is 93.9 cm³/mol. The van der Waals surface area contributed by atoms with Gasteiger partial charge in [-0.15, -0.1) is 0 Å². The summed E-state index contributed by atoms with van der Waals surface area (Å²) in [6.45, 7) is 1.34. The molecule has 1 aromatic rings. The van der Waals surface area contributed by atoms with E-state index < -0.39 is 29.6 Å². The molecule has 4 amide bonds. The van der Waals surface area contributed by atoms with Crippen molar-refractivity contribution in [3.63, 3.8) is 0 Å². The van der Waals surface area contributed by atoms with E-state index >= 15 is 0 Å². The van der Waals surface area contributed by atoms with Gasteiger partial charge in [-0.2, -0.15) is 0 Å². The Morgan fingerprint density at radius 1 is 1.26 bits per heavy atom. The van der Waals surface area contributed by atoms with Crippen LogP contribution < -0.4 is 26.2 Å². The number of nitrogens with one attached hydrogen (secondary N) is 2. The summed E-state index contributed by atoms with van der Waals surface area (Å²) in [5.74, 6) is -0.794. The van der Waals surface area contributed by atoms with Gasteiger partial charge in [0.1, 0.15) is 17.5 Å². The van der Waals surface area contributed by atoms with E-state index in [4.69, 9.17) is 10.5 Å². The molecule has 10 heteroatoms. The van der Waals surface area contributed by atoms with Gasteiger partial charge < -0.3 is 20.7 Å². The molecule has 0 bridgehead atoms. The van der Waals surface area contributed by atoms with Crippen LogP contribution >= 0.6 is 0 Å². The molecule has 1 atom stereocenters. The zero-order valence-corrected chi connectivity index (χ0v) is 14.5. The first-order valence-corrected chi connectivity index (χ1v) is 8.78. The van der Waals surface area contributed by atoms with Gasteiger partial charge in [-0.1, -0.05) is 0 Å². The summed E-state index contributed by atoms with van der Waals surface area (Å²) >= 11 is 0. The quantitative estimate of drug-likeness (QED) is 0.652. The molecule has 0 saturated carbocycles. The lowest BCUT2D eigenvalue weighted by Crippen LogP contribution is -2.55. The maximum absolute atomic E-state index is 14.7. The van der Waals surface area contributed by atoms with Crippen molar-refractivity contribution in [3.8, 4) is 0 Å². The van der Waals surface area contributed by atoms with Crippen LogP contribution in [0.3, 0.4) is 0 Å². The first kappa shape index (κ1) is 17.5. The fourth-order valence-electron chi connectivity index (χ4n) is 3.78. The highest BCUT2D eigenvalue weighted by Gasteiger charge is 2.48. The van der Waals surface area contributed by atoms with E-state index in [0.717, 1.165) is 0 Å². The Hall–Kier alpha value is -2.88. The number of anilines is 2. The Balaban J connectivity index is 1.47. The van der Waals surface area contributed by atoms with Crippen LogP contribution in [0.15, 0.2) is 18.2 Å². The highest BCUT2D eigenvalue weighted by molar-refractivity contribution is 6.07. The van der Waals surface area contributed by atoms with Crippen molar-refractivity contribution in [2.75, 3.05) is 36.0 Å². The van der Waals surface area contributed by atoms with Gasteiger partial charge in [-0.25, -0.2) is 14.0 Å². The van der Waals surface area contributed by atoms with Crippen LogP contribution in [0.2, 0.25) is 0 Å². The van der Waals surface area contributed by atoms with Gasteiger partial charge in [0.2, 0.25) is 0 Å². The van der Waals surface area contributed by atoms with Crippen LogP contribution in [-0.4, -0.2) is 55.9 Å². The van der Waals surface area contributed by atoms with Crippen molar-refractivity contribution in [2.24, 2.45) is 5.73 Å². The fraction of sp³-hybridized carbons (Fsp3) is 0.471. The number of imide groups is 1. The van der Waals surface area contributed by atoms with Crippen molar-refractivity contribution in [1.82, 2.24) is 10.6 Å². The molecule has 4 N–H and O–H groups in total. The van der Waals surface area contributed by atoms with Gasteiger partial charge >= 0.3 is 12.1 Å². The number of urea groups is 1. The van der Waals surface area contributed by atoms with Crippen molar-refractivity contribution in [3.05, 3.63) is 24.0 Å². The Kier molecular flexibility index (Phi) is 4.14. The first-order chi connectivity index (χ1) is 12.9. The summed E-state index contributed by atoms with van der Waals surface area (Å²) in [4.78, 5) is 38.5. The molecule has 3 fully saturated rings. The Morgan fingerprint density at radius 3 is 2.56 bits per heavy atom. The molecule has 3 saturated heterocycles. The predicted octanol–water partition coefficient (Wildman–Crippen LogP) is 0.288. The minimum absolute atomic E-state index is 0.211. The zero-order chi connectivity index (χ0) is 19.2. The number of nitrogens with two attached hydrogens (primary N) is 1. The van der Waals surface area contributed by atoms with Crippen LogP contribution in [0.1, 0.15) is 12.8 Å². The molecule has 3 aliphatic heterocycles. The van der Waals surface area contributed by atoms with Crippen molar-refractivity contribution < 1.29 is 23.5 Å². The topological polar surface area (TPSA) is 117 Å². The third-order valence-corrected chi connectivity index (χ3v) is 5.35. The SMILES string of the molecule is NCC1CN(c2ccc(N3CCC4(CC3)NC(=O)NC4=O)c(F)c2)C(=O)O1. The van der Waals surface area contributed by atoms with Crippen molar-refractivity contribution >= 4 is 29.4 Å². The second-order valence-corrected chi connectivity index (χ2v) is 6.97.